The van der Waals surface area contributed by atoms with Crippen molar-refractivity contribution in [1.29, 1.82) is 0 Å². The van der Waals surface area contributed by atoms with Crippen molar-refractivity contribution in [1.82, 2.24) is 4.98 Å². The number of carbonyl (C=O) groups is 1. The molecule has 0 saturated carbocycles. The normalized spacial score (nSPS) is 10.3. The minimum atomic E-state index is -0.482. The fourth-order valence-electron chi connectivity index (χ4n) is 2.18. The molecule has 0 bridgehead atoms. The number of anilines is 1. The van der Waals surface area contributed by atoms with Crippen LogP contribution in [0.1, 0.15) is 16.1 Å². The van der Waals surface area contributed by atoms with Crippen molar-refractivity contribution in [3.63, 3.8) is 0 Å². The summed E-state index contributed by atoms with van der Waals surface area (Å²) in [5, 5.41) is 13.2. The number of pyridine rings is 1. The van der Waals surface area contributed by atoms with E-state index < -0.39 is 5.91 Å². The molecule has 6 heteroatoms. The number of hydrogen-bond donors (Lipinski definition) is 2. The minimum absolute atomic E-state index is 0.0146. The summed E-state index contributed by atoms with van der Waals surface area (Å²) < 4.78 is 5.69. The summed E-state index contributed by atoms with van der Waals surface area (Å²) in [5.41, 5.74) is 1.14. The first-order valence-corrected chi connectivity index (χ1v) is 7.90. The Hall–Kier alpha value is -3.05. The van der Waals surface area contributed by atoms with E-state index >= 15 is 0 Å². The second-order valence-electron chi connectivity index (χ2n) is 5.36. The van der Waals surface area contributed by atoms with Gasteiger partial charge in [-0.3, -0.25) is 4.79 Å². The maximum absolute atomic E-state index is 12.2. The molecule has 0 aliphatic carbocycles. The highest BCUT2D eigenvalue weighted by atomic mass is 35.5. The first kappa shape index (κ1) is 16.8. The summed E-state index contributed by atoms with van der Waals surface area (Å²) in [6, 6.07) is 15.6. The van der Waals surface area contributed by atoms with Gasteiger partial charge in [-0.15, -0.1) is 0 Å². The first-order valence-electron chi connectivity index (χ1n) is 7.52. The van der Waals surface area contributed by atoms with Crippen molar-refractivity contribution >= 4 is 23.2 Å². The van der Waals surface area contributed by atoms with Gasteiger partial charge in [0.2, 0.25) is 0 Å². The van der Waals surface area contributed by atoms with Crippen LogP contribution in [0.4, 0.5) is 5.69 Å². The number of nitrogens with one attached hydrogen (secondary N) is 1. The van der Waals surface area contributed by atoms with Crippen LogP contribution in [-0.4, -0.2) is 16.0 Å². The molecular formula is C19H15ClN2O3. The molecule has 3 aromatic rings. The number of rotatable bonds is 4. The van der Waals surface area contributed by atoms with E-state index in [1.807, 2.05) is 0 Å². The monoisotopic (exact) mass is 354 g/mol. The number of halogens is 1. The summed E-state index contributed by atoms with van der Waals surface area (Å²) in [6.07, 6.45) is 1.48. The molecule has 2 aromatic carbocycles. The van der Waals surface area contributed by atoms with Gasteiger partial charge < -0.3 is 15.2 Å². The Kier molecular flexibility index (Phi) is 4.86. The van der Waals surface area contributed by atoms with Crippen molar-refractivity contribution in [2.24, 2.45) is 0 Å². The van der Waals surface area contributed by atoms with Crippen LogP contribution in [0.5, 0.6) is 17.2 Å². The van der Waals surface area contributed by atoms with E-state index in [-0.39, 0.29) is 11.4 Å². The van der Waals surface area contributed by atoms with E-state index in [9.17, 15) is 9.90 Å². The number of hydrogen-bond acceptors (Lipinski definition) is 4. The molecule has 2 N–H and O–H groups in total. The third-order valence-electron chi connectivity index (χ3n) is 3.49. The molecule has 0 saturated heterocycles. The van der Waals surface area contributed by atoms with Gasteiger partial charge >= 0.3 is 0 Å². The summed E-state index contributed by atoms with van der Waals surface area (Å²) in [4.78, 5) is 16.1. The molecule has 3 rings (SSSR count). The van der Waals surface area contributed by atoms with Gasteiger partial charge in [-0.2, -0.15) is 0 Å². The standard InChI is InChI=1S/C19H15ClN2O3/c1-12-9-10-21-17(18(12)23)19(24)22-14-5-7-15(8-6-14)25-16-4-2-3-13(20)11-16/h2-11,23H,1H3,(H,22,24). The highest BCUT2D eigenvalue weighted by Gasteiger charge is 2.14. The van der Waals surface area contributed by atoms with Crippen LogP contribution in [-0.2, 0) is 0 Å². The number of aryl methyl sites for hydroxylation is 1. The highest BCUT2D eigenvalue weighted by Crippen LogP contribution is 2.26. The third kappa shape index (κ3) is 4.08. The summed E-state index contributed by atoms with van der Waals surface area (Å²) in [6.45, 7) is 1.70. The van der Waals surface area contributed by atoms with E-state index in [2.05, 4.69) is 10.3 Å². The molecule has 1 amide bonds. The van der Waals surface area contributed by atoms with Crippen LogP contribution < -0.4 is 10.1 Å². The Morgan fingerprint density at radius 1 is 1.12 bits per heavy atom. The zero-order valence-corrected chi connectivity index (χ0v) is 14.1. The molecule has 25 heavy (non-hydrogen) atoms. The second-order valence-corrected chi connectivity index (χ2v) is 5.80. The van der Waals surface area contributed by atoms with Crippen LogP contribution in [0.3, 0.4) is 0 Å². The number of nitrogens with zero attached hydrogens (tertiary/aromatic N) is 1. The predicted octanol–water partition coefficient (Wildman–Crippen LogP) is 4.79. The average molecular weight is 355 g/mol. The molecule has 0 spiro atoms. The fourth-order valence-corrected chi connectivity index (χ4v) is 2.36. The Bertz CT molecular complexity index is 911. The summed E-state index contributed by atoms with van der Waals surface area (Å²) in [5.74, 6) is 0.626. The van der Waals surface area contributed by atoms with Gasteiger partial charge in [0.15, 0.2) is 5.69 Å². The Morgan fingerprint density at radius 3 is 2.60 bits per heavy atom. The van der Waals surface area contributed by atoms with Crippen LogP contribution in [0.25, 0.3) is 0 Å². The number of carbonyl (C=O) groups excluding carboxylic acids is 1. The third-order valence-corrected chi connectivity index (χ3v) is 3.72. The van der Waals surface area contributed by atoms with Crippen molar-refractivity contribution in [3.8, 4) is 17.2 Å². The quantitative estimate of drug-likeness (QED) is 0.706. The van der Waals surface area contributed by atoms with E-state index in [1.165, 1.54) is 6.20 Å². The van der Waals surface area contributed by atoms with Crippen LogP contribution in [0.15, 0.2) is 60.8 Å². The van der Waals surface area contributed by atoms with Crippen molar-refractivity contribution < 1.29 is 14.6 Å². The van der Waals surface area contributed by atoms with Crippen LogP contribution in [0, 0.1) is 6.92 Å². The van der Waals surface area contributed by atoms with Crippen molar-refractivity contribution in [2.75, 3.05) is 5.32 Å². The van der Waals surface area contributed by atoms with Gasteiger partial charge in [-0.1, -0.05) is 17.7 Å². The second kappa shape index (κ2) is 7.23. The largest absolute Gasteiger partial charge is 0.505 e. The average Bonchev–Trinajstić information content (AvgIpc) is 2.59. The maximum atomic E-state index is 12.2. The smallest absolute Gasteiger partial charge is 0.278 e. The zero-order valence-electron chi connectivity index (χ0n) is 13.4. The predicted molar refractivity (Wildman–Crippen MR) is 96.6 cm³/mol. The van der Waals surface area contributed by atoms with Gasteiger partial charge in [0.05, 0.1) is 0 Å². The van der Waals surface area contributed by atoms with E-state index in [1.54, 1.807) is 61.5 Å². The number of benzene rings is 2. The molecule has 0 fully saturated rings. The summed E-state index contributed by atoms with van der Waals surface area (Å²) >= 11 is 5.92. The number of amides is 1. The Labute approximate surface area is 149 Å². The zero-order chi connectivity index (χ0) is 17.8. The maximum Gasteiger partial charge on any atom is 0.278 e. The Morgan fingerprint density at radius 2 is 1.88 bits per heavy atom. The van der Waals surface area contributed by atoms with Crippen molar-refractivity contribution in [3.05, 3.63) is 77.1 Å². The lowest BCUT2D eigenvalue weighted by atomic mass is 10.2. The van der Waals surface area contributed by atoms with Crippen LogP contribution in [0.2, 0.25) is 5.02 Å². The first-order chi connectivity index (χ1) is 12.0. The lowest BCUT2D eigenvalue weighted by Crippen LogP contribution is -2.14. The SMILES string of the molecule is Cc1ccnc(C(=O)Nc2ccc(Oc3cccc(Cl)c3)cc2)c1O. The number of aromatic hydroxyl groups is 1. The topological polar surface area (TPSA) is 71.5 Å². The van der Waals surface area contributed by atoms with E-state index in [0.29, 0.717) is 27.8 Å². The van der Waals surface area contributed by atoms with Crippen LogP contribution >= 0.6 is 11.6 Å². The number of aromatic nitrogens is 1. The van der Waals surface area contributed by atoms with Gasteiger partial charge in [0, 0.05) is 16.9 Å². The Balaban J connectivity index is 1.70. The van der Waals surface area contributed by atoms with Gasteiger partial charge in [0.25, 0.3) is 5.91 Å². The van der Waals surface area contributed by atoms with Gasteiger partial charge in [-0.25, -0.2) is 4.98 Å². The lowest BCUT2D eigenvalue weighted by molar-refractivity contribution is 0.101. The molecule has 0 atom stereocenters. The fraction of sp³-hybridized carbons (Fsp3) is 0.0526. The molecule has 0 radical (unpaired) electrons. The van der Waals surface area contributed by atoms with Gasteiger partial charge in [0.1, 0.15) is 17.2 Å². The molecule has 0 unspecified atom stereocenters. The van der Waals surface area contributed by atoms with E-state index in [0.717, 1.165) is 0 Å². The molecule has 5 nitrogen and oxygen atoms in total. The molecule has 0 aliphatic rings. The molecule has 126 valence electrons. The van der Waals surface area contributed by atoms with E-state index in [4.69, 9.17) is 16.3 Å². The molecule has 1 heterocycles. The van der Waals surface area contributed by atoms with Crippen molar-refractivity contribution in [2.45, 2.75) is 6.92 Å². The molecule has 0 aliphatic heterocycles. The highest BCUT2D eigenvalue weighted by molar-refractivity contribution is 6.30. The molecule has 1 aromatic heterocycles. The molecular weight excluding hydrogens is 340 g/mol. The number of ether oxygens (including phenoxy) is 1. The summed E-state index contributed by atoms with van der Waals surface area (Å²) in [7, 11) is 0. The lowest BCUT2D eigenvalue weighted by Gasteiger charge is -2.09. The van der Waals surface area contributed by atoms with Gasteiger partial charge in [-0.05, 0) is 61.0 Å². The minimum Gasteiger partial charge on any atom is -0.505 e.